The molecule has 1 N–H and O–H groups in total. The van der Waals surface area contributed by atoms with Crippen LogP contribution in [-0.4, -0.2) is 22.6 Å². The molecule has 0 saturated heterocycles. The van der Waals surface area contributed by atoms with Gasteiger partial charge in [-0.25, -0.2) is 17.5 Å². The molecule has 0 aliphatic heterocycles. The highest BCUT2D eigenvalue weighted by Gasteiger charge is 2.16. The summed E-state index contributed by atoms with van der Waals surface area (Å²) in [5.74, 6) is -0.0428. The standard InChI is InChI=1S/C15H16FNO4S/c1-20-12-5-3-11(4-6-12)10-17-22(18,19)13-7-8-14(16)15(9-13)21-2/h3-9,17H,10H2,1-2H3. The third kappa shape index (κ3) is 3.75. The van der Waals surface area contributed by atoms with Gasteiger partial charge in [-0.2, -0.15) is 0 Å². The summed E-state index contributed by atoms with van der Waals surface area (Å²) >= 11 is 0. The molecule has 22 heavy (non-hydrogen) atoms. The molecule has 118 valence electrons. The van der Waals surface area contributed by atoms with Gasteiger partial charge >= 0.3 is 0 Å². The van der Waals surface area contributed by atoms with E-state index in [4.69, 9.17) is 9.47 Å². The first kappa shape index (κ1) is 16.3. The first-order chi connectivity index (χ1) is 10.5. The van der Waals surface area contributed by atoms with Crippen LogP contribution in [0.5, 0.6) is 11.5 Å². The van der Waals surface area contributed by atoms with Crippen molar-refractivity contribution >= 4 is 10.0 Å². The van der Waals surface area contributed by atoms with Gasteiger partial charge in [0, 0.05) is 12.6 Å². The van der Waals surface area contributed by atoms with Crippen molar-refractivity contribution in [2.24, 2.45) is 0 Å². The molecule has 0 unspecified atom stereocenters. The summed E-state index contributed by atoms with van der Waals surface area (Å²) in [6.45, 7) is 0.117. The topological polar surface area (TPSA) is 64.6 Å². The van der Waals surface area contributed by atoms with Crippen LogP contribution in [-0.2, 0) is 16.6 Å². The van der Waals surface area contributed by atoms with Gasteiger partial charge in [0.25, 0.3) is 0 Å². The molecule has 2 aromatic carbocycles. The summed E-state index contributed by atoms with van der Waals surface area (Å²) in [5, 5.41) is 0. The van der Waals surface area contributed by atoms with Gasteiger partial charge in [0.05, 0.1) is 19.1 Å². The maximum Gasteiger partial charge on any atom is 0.241 e. The number of sulfonamides is 1. The molecule has 0 aromatic heterocycles. The summed E-state index contributed by atoms with van der Waals surface area (Å²) in [5.41, 5.74) is 0.776. The Morgan fingerprint density at radius 3 is 2.32 bits per heavy atom. The monoisotopic (exact) mass is 325 g/mol. The van der Waals surface area contributed by atoms with Gasteiger partial charge < -0.3 is 9.47 Å². The predicted octanol–water partition coefficient (Wildman–Crippen LogP) is 2.32. The second-order valence-electron chi connectivity index (χ2n) is 4.47. The molecule has 0 fully saturated rings. The minimum Gasteiger partial charge on any atom is -0.497 e. The number of halogens is 1. The average molecular weight is 325 g/mol. The van der Waals surface area contributed by atoms with E-state index in [1.807, 2.05) is 0 Å². The third-order valence-corrected chi connectivity index (χ3v) is 4.46. The lowest BCUT2D eigenvalue weighted by molar-refractivity contribution is 0.385. The largest absolute Gasteiger partial charge is 0.497 e. The second kappa shape index (κ2) is 6.76. The smallest absolute Gasteiger partial charge is 0.241 e. The van der Waals surface area contributed by atoms with E-state index >= 15 is 0 Å². The highest BCUT2D eigenvalue weighted by Crippen LogP contribution is 2.21. The zero-order chi connectivity index (χ0) is 16.2. The van der Waals surface area contributed by atoms with E-state index in [0.717, 1.165) is 17.7 Å². The van der Waals surface area contributed by atoms with Crippen molar-refractivity contribution in [3.05, 3.63) is 53.8 Å². The molecule has 0 saturated carbocycles. The number of nitrogens with one attached hydrogen (secondary N) is 1. The third-order valence-electron chi connectivity index (χ3n) is 3.06. The van der Waals surface area contributed by atoms with E-state index in [9.17, 15) is 12.8 Å². The molecule has 7 heteroatoms. The zero-order valence-corrected chi connectivity index (χ0v) is 13.0. The van der Waals surface area contributed by atoms with Gasteiger partial charge in [0.2, 0.25) is 10.0 Å². The van der Waals surface area contributed by atoms with Gasteiger partial charge in [0.15, 0.2) is 11.6 Å². The molecule has 2 aromatic rings. The molecule has 0 radical (unpaired) electrons. The van der Waals surface area contributed by atoms with E-state index < -0.39 is 15.8 Å². The van der Waals surface area contributed by atoms with Gasteiger partial charge in [0.1, 0.15) is 5.75 Å². The molecule has 0 aliphatic rings. The van der Waals surface area contributed by atoms with Crippen molar-refractivity contribution in [3.63, 3.8) is 0 Å². The second-order valence-corrected chi connectivity index (χ2v) is 6.24. The van der Waals surface area contributed by atoms with E-state index in [0.29, 0.717) is 5.75 Å². The Labute approximate surface area is 128 Å². The number of hydrogen-bond donors (Lipinski definition) is 1. The Morgan fingerprint density at radius 1 is 1.05 bits per heavy atom. The molecule has 0 heterocycles. The van der Waals surface area contributed by atoms with Gasteiger partial charge in [-0.3, -0.25) is 0 Å². The lowest BCUT2D eigenvalue weighted by Gasteiger charge is -2.09. The van der Waals surface area contributed by atoms with Crippen LogP contribution < -0.4 is 14.2 Å². The molecule has 0 amide bonds. The normalized spacial score (nSPS) is 11.2. The van der Waals surface area contributed by atoms with Crippen LogP contribution in [0.15, 0.2) is 47.4 Å². The maximum atomic E-state index is 13.3. The van der Waals surface area contributed by atoms with Crippen LogP contribution in [0.2, 0.25) is 0 Å². The lowest BCUT2D eigenvalue weighted by Crippen LogP contribution is -2.23. The molecular weight excluding hydrogens is 309 g/mol. The fourth-order valence-corrected chi connectivity index (χ4v) is 2.85. The van der Waals surface area contributed by atoms with Crippen molar-refractivity contribution in [2.45, 2.75) is 11.4 Å². The van der Waals surface area contributed by atoms with Crippen molar-refractivity contribution in [1.29, 1.82) is 0 Å². The Kier molecular flexibility index (Phi) is 4.99. The predicted molar refractivity (Wildman–Crippen MR) is 80.0 cm³/mol. The highest BCUT2D eigenvalue weighted by molar-refractivity contribution is 7.89. The zero-order valence-electron chi connectivity index (χ0n) is 12.2. The summed E-state index contributed by atoms with van der Waals surface area (Å²) < 4.78 is 50.0. The van der Waals surface area contributed by atoms with Crippen molar-refractivity contribution in [1.82, 2.24) is 4.72 Å². The first-order valence-corrected chi connectivity index (χ1v) is 7.90. The summed E-state index contributed by atoms with van der Waals surface area (Å²) in [6.07, 6.45) is 0. The fraction of sp³-hybridized carbons (Fsp3) is 0.200. The maximum absolute atomic E-state index is 13.3. The number of ether oxygens (including phenoxy) is 2. The van der Waals surface area contributed by atoms with Crippen LogP contribution in [0.25, 0.3) is 0 Å². The molecule has 0 aliphatic carbocycles. The Hall–Kier alpha value is -2.12. The van der Waals surface area contributed by atoms with Crippen molar-refractivity contribution in [3.8, 4) is 11.5 Å². The molecule has 2 rings (SSSR count). The van der Waals surface area contributed by atoms with E-state index in [1.165, 1.54) is 13.2 Å². The number of methoxy groups -OCH3 is 2. The molecule has 0 spiro atoms. The van der Waals surface area contributed by atoms with Crippen LogP contribution >= 0.6 is 0 Å². The van der Waals surface area contributed by atoms with Crippen LogP contribution in [0.1, 0.15) is 5.56 Å². The molecular formula is C15H16FNO4S. The Morgan fingerprint density at radius 2 is 1.73 bits per heavy atom. The van der Waals surface area contributed by atoms with Gasteiger partial charge in [-0.15, -0.1) is 0 Å². The molecule has 0 bridgehead atoms. The minimum atomic E-state index is -3.75. The van der Waals surface area contributed by atoms with Crippen LogP contribution in [0, 0.1) is 5.82 Å². The fourth-order valence-electron chi connectivity index (χ4n) is 1.81. The van der Waals surface area contributed by atoms with Crippen molar-refractivity contribution in [2.75, 3.05) is 14.2 Å². The SMILES string of the molecule is COc1ccc(CNS(=O)(=O)c2ccc(F)c(OC)c2)cc1. The summed E-state index contributed by atoms with van der Waals surface area (Å²) in [6, 6.07) is 10.4. The summed E-state index contributed by atoms with van der Waals surface area (Å²) in [4.78, 5) is -0.0562. The minimum absolute atomic E-state index is 0.0562. The number of hydrogen-bond acceptors (Lipinski definition) is 4. The first-order valence-electron chi connectivity index (χ1n) is 6.42. The Bertz CT molecular complexity index is 745. The van der Waals surface area contributed by atoms with Crippen LogP contribution in [0.3, 0.4) is 0 Å². The van der Waals surface area contributed by atoms with E-state index in [2.05, 4.69) is 4.72 Å². The van der Waals surface area contributed by atoms with E-state index in [1.54, 1.807) is 31.4 Å². The number of benzene rings is 2. The molecule has 0 atom stereocenters. The van der Waals surface area contributed by atoms with Gasteiger partial charge in [-0.05, 0) is 29.8 Å². The highest BCUT2D eigenvalue weighted by atomic mass is 32.2. The van der Waals surface area contributed by atoms with Crippen LogP contribution in [0.4, 0.5) is 4.39 Å². The lowest BCUT2D eigenvalue weighted by atomic mass is 10.2. The Balaban J connectivity index is 2.13. The van der Waals surface area contributed by atoms with Crippen molar-refractivity contribution < 1.29 is 22.3 Å². The average Bonchev–Trinajstić information content (AvgIpc) is 2.53. The van der Waals surface area contributed by atoms with Gasteiger partial charge in [-0.1, -0.05) is 12.1 Å². The van der Waals surface area contributed by atoms with E-state index in [-0.39, 0.29) is 17.2 Å². The summed E-state index contributed by atoms with van der Waals surface area (Å²) in [7, 11) is -0.919. The molecule has 5 nitrogen and oxygen atoms in total. The number of rotatable bonds is 6. The quantitative estimate of drug-likeness (QED) is 0.885.